The van der Waals surface area contributed by atoms with Crippen molar-refractivity contribution in [1.82, 2.24) is 15.0 Å². The van der Waals surface area contributed by atoms with Crippen LogP contribution in [0.4, 0.5) is 0 Å². The molecule has 4 atom stereocenters. The standard InChI is InChI=1S/C12H14N4O5/c13-10(20)4-1-14-11-5(4)2-15-12(16-11)9-8(19)7(18)6(3-17)21-9/h1-2,6-9,17-19H,3H2,(H2,13,20)(H,14,15,16)/t6-,7-,8-,9+/m1/s1. The Kier molecular flexibility index (Phi) is 3.33. The van der Waals surface area contributed by atoms with Gasteiger partial charge in [-0.25, -0.2) is 9.97 Å². The number of aromatic nitrogens is 3. The predicted molar refractivity (Wildman–Crippen MR) is 69.1 cm³/mol. The van der Waals surface area contributed by atoms with Crippen LogP contribution >= 0.6 is 0 Å². The third kappa shape index (κ3) is 2.16. The zero-order valence-corrected chi connectivity index (χ0v) is 10.8. The third-order valence-corrected chi connectivity index (χ3v) is 3.51. The van der Waals surface area contributed by atoms with E-state index in [-0.39, 0.29) is 11.4 Å². The first kappa shape index (κ1) is 13.9. The normalized spacial score (nSPS) is 29.1. The quantitative estimate of drug-likeness (QED) is 0.448. The molecule has 2 aromatic rings. The summed E-state index contributed by atoms with van der Waals surface area (Å²) in [5.41, 5.74) is 5.85. The number of nitrogens with zero attached hydrogens (tertiary/aromatic N) is 2. The minimum Gasteiger partial charge on any atom is -0.394 e. The number of aromatic amines is 1. The Balaban J connectivity index is 1.97. The van der Waals surface area contributed by atoms with E-state index in [0.717, 1.165) is 0 Å². The molecule has 1 aliphatic rings. The van der Waals surface area contributed by atoms with Crippen molar-refractivity contribution in [3.8, 4) is 0 Å². The molecule has 112 valence electrons. The first-order chi connectivity index (χ1) is 10.0. The lowest BCUT2D eigenvalue weighted by Gasteiger charge is -2.12. The average Bonchev–Trinajstić information content (AvgIpc) is 3.01. The van der Waals surface area contributed by atoms with Gasteiger partial charge in [-0.1, -0.05) is 0 Å². The van der Waals surface area contributed by atoms with E-state index in [2.05, 4.69) is 15.0 Å². The van der Waals surface area contributed by atoms with Crippen molar-refractivity contribution in [2.75, 3.05) is 6.61 Å². The second kappa shape index (κ2) is 5.04. The summed E-state index contributed by atoms with van der Waals surface area (Å²) in [4.78, 5) is 22.2. The van der Waals surface area contributed by atoms with Gasteiger partial charge in [0.2, 0.25) is 0 Å². The molecule has 1 fully saturated rings. The molecule has 0 spiro atoms. The lowest BCUT2D eigenvalue weighted by Crippen LogP contribution is -2.32. The molecule has 21 heavy (non-hydrogen) atoms. The second-order valence-electron chi connectivity index (χ2n) is 4.82. The first-order valence-electron chi connectivity index (χ1n) is 6.29. The summed E-state index contributed by atoms with van der Waals surface area (Å²) in [7, 11) is 0. The molecule has 1 aliphatic heterocycles. The monoisotopic (exact) mass is 294 g/mol. The molecule has 9 heteroatoms. The van der Waals surface area contributed by atoms with Crippen LogP contribution in [0.2, 0.25) is 0 Å². The van der Waals surface area contributed by atoms with Gasteiger partial charge in [0, 0.05) is 17.8 Å². The fourth-order valence-electron chi connectivity index (χ4n) is 2.37. The lowest BCUT2D eigenvalue weighted by atomic mass is 10.1. The number of rotatable bonds is 3. The number of ether oxygens (including phenoxy) is 1. The summed E-state index contributed by atoms with van der Waals surface area (Å²) in [5.74, 6) is -0.464. The molecule has 1 saturated heterocycles. The van der Waals surface area contributed by atoms with Gasteiger partial charge in [0.15, 0.2) is 5.82 Å². The van der Waals surface area contributed by atoms with Gasteiger partial charge in [-0.05, 0) is 0 Å². The number of nitrogens with two attached hydrogens (primary N) is 1. The van der Waals surface area contributed by atoms with E-state index in [0.29, 0.717) is 11.0 Å². The van der Waals surface area contributed by atoms with E-state index in [1.165, 1.54) is 12.4 Å². The zero-order valence-electron chi connectivity index (χ0n) is 10.8. The molecule has 1 amide bonds. The molecule has 3 rings (SSSR count). The molecule has 9 nitrogen and oxygen atoms in total. The van der Waals surface area contributed by atoms with E-state index in [1.54, 1.807) is 0 Å². The number of aliphatic hydroxyl groups is 3. The lowest BCUT2D eigenvalue weighted by molar-refractivity contribution is -0.0252. The third-order valence-electron chi connectivity index (χ3n) is 3.51. The summed E-state index contributed by atoms with van der Waals surface area (Å²) in [5, 5.41) is 29.2. The van der Waals surface area contributed by atoms with Gasteiger partial charge < -0.3 is 30.8 Å². The van der Waals surface area contributed by atoms with Crippen molar-refractivity contribution in [2.45, 2.75) is 24.4 Å². The van der Waals surface area contributed by atoms with Gasteiger partial charge in [-0.3, -0.25) is 4.79 Å². The molecule has 0 aliphatic carbocycles. The van der Waals surface area contributed by atoms with Crippen molar-refractivity contribution in [2.24, 2.45) is 5.73 Å². The van der Waals surface area contributed by atoms with Crippen LogP contribution in [0.15, 0.2) is 12.4 Å². The van der Waals surface area contributed by atoms with Crippen molar-refractivity contribution in [3.63, 3.8) is 0 Å². The van der Waals surface area contributed by atoms with Crippen molar-refractivity contribution in [3.05, 3.63) is 23.8 Å². The number of hydrogen-bond donors (Lipinski definition) is 5. The number of carbonyl (C=O) groups excluding carboxylic acids is 1. The Labute approximate surface area is 118 Å². The van der Waals surface area contributed by atoms with Crippen LogP contribution in [-0.2, 0) is 4.74 Å². The van der Waals surface area contributed by atoms with Crippen LogP contribution in [-0.4, -0.2) is 61.1 Å². The molecule has 6 N–H and O–H groups in total. The van der Waals surface area contributed by atoms with Gasteiger partial charge in [-0.2, -0.15) is 0 Å². The van der Waals surface area contributed by atoms with Crippen LogP contribution in [0.1, 0.15) is 22.3 Å². The molecular weight excluding hydrogens is 280 g/mol. The smallest absolute Gasteiger partial charge is 0.250 e. The highest BCUT2D eigenvalue weighted by Gasteiger charge is 2.44. The van der Waals surface area contributed by atoms with Crippen LogP contribution in [0.25, 0.3) is 11.0 Å². The Hall–Kier alpha value is -2.07. The van der Waals surface area contributed by atoms with Crippen LogP contribution < -0.4 is 5.73 Å². The Morgan fingerprint density at radius 3 is 2.81 bits per heavy atom. The maximum atomic E-state index is 11.2. The van der Waals surface area contributed by atoms with Gasteiger partial charge >= 0.3 is 0 Å². The highest BCUT2D eigenvalue weighted by Crippen LogP contribution is 2.32. The Bertz CT molecular complexity index is 687. The molecule has 0 saturated carbocycles. The van der Waals surface area contributed by atoms with Crippen LogP contribution in [0.5, 0.6) is 0 Å². The number of fused-ring (bicyclic) bond motifs is 1. The number of nitrogens with one attached hydrogen (secondary N) is 1. The summed E-state index contributed by atoms with van der Waals surface area (Å²) < 4.78 is 5.34. The average molecular weight is 294 g/mol. The molecule has 0 radical (unpaired) electrons. The number of primary amides is 1. The van der Waals surface area contributed by atoms with E-state index in [4.69, 9.17) is 15.6 Å². The van der Waals surface area contributed by atoms with Crippen molar-refractivity contribution < 1.29 is 24.9 Å². The number of aliphatic hydroxyl groups excluding tert-OH is 3. The molecule has 0 bridgehead atoms. The van der Waals surface area contributed by atoms with Crippen LogP contribution in [0.3, 0.4) is 0 Å². The van der Waals surface area contributed by atoms with E-state index < -0.39 is 36.9 Å². The number of amides is 1. The molecule has 0 unspecified atom stereocenters. The van der Waals surface area contributed by atoms with Crippen molar-refractivity contribution in [1.29, 1.82) is 0 Å². The Morgan fingerprint density at radius 1 is 1.43 bits per heavy atom. The summed E-state index contributed by atoms with van der Waals surface area (Å²) in [6.45, 7) is -0.425. The van der Waals surface area contributed by atoms with Crippen molar-refractivity contribution >= 4 is 16.9 Å². The minimum atomic E-state index is -1.25. The second-order valence-corrected chi connectivity index (χ2v) is 4.82. The van der Waals surface area contributed by atoms with Gasteiger partial charge in [0.1, 0.15) is 30.1 Å². The zero-order chi connectivity index (χ0) is 15.1. The van der Waals surface area contributed by atoms with Gasteiger partial charge in [0.05, 0.1) is 12.2 Å². The highest BCUT2D eigenvalue weighted by molar-refractivity contribution is 6.04. The fraction of sp³-hybridized carbons (Fsp3) is 0.417. The fourth-order valence-corrected chi connectivity index (χ4v) is 2.37. The van der Waals surface area contributed by atoms with E-state index in [9.17, 15) is 15.0 Å². The highest BCUT2D eigenvalue weighted by atomic mass is 16.6. The number of hydrogen-bond acceptors (Lipinski definition) is 7. The van der Waals surface area contributed by atoms with E-state index in [1.807, 2.05) is 0 Å². The molecule has 0 aromatic carbocycles. The largest absolute Gasteiger partial charge is 0.394 e. The Morgan fingerprint density at radius 2 is 2.19 bits per heavy atom. The summed E-state index contributed by atoms with van der Waals surface area (Å²) in [6.07, 6.45) is -1.50. The molecule has 3 heterocycles. The maximum absolute atomic E-state index is 11.2. The molecule has 2 aromatic heterocycles. The first-order valence-corrected chi connectivity index (χ1v) is 6.29. The molecular formula is C12H14N4O5. The van der Waals surface area contributed by atoms with Crippen LogP contribution in [0, 0.1) is 0 Å². The number of carbonyl (C=O) groups is 1. The SMILES string of the molecule is NC(=O)c1c[nH]c2nc([C@H]3O[C@H](CO)[C@@H](O)[C@H]3O)ncc12. The predicted octanol–water partition coefficient (Wildman–Crippen LogP) is -1.79. The maximum Gasteiger partial charge on any atom is 0.250 e. The minimum absolute atomic E-state index is 0.142. The summed E-state index contributed by atoms with van der Waals surface area (Å²) in [6, 6.07) is 0. The van der Waals surface area contributed by atoms with E-state index >= 15 is 0 Å². The summed E-state index contributed by atoms with van der Waals surface area (Å²) >= 11 is 0. The topological polar surface area (TPSA) is 155 Å². The number of H-pyrrole nitrogens is 1. The van der Waals surface area contributed by atoms with Gasteiger partial charge in [-0.15, -0.1) is 0 Å². The van der Waals surface area contributed by atoms with Gasteiger partial charge in [0.25, 0.3) is 5.91 Å².